The van der Waals surface area contributed by atoms with Crippen molar-refractivity contribution in [3.8, 4) is 11.3 Å². The topological polar surface area (TPSA) is 105 Å². The quantitative estimate of drug-likeness (QED) is 0.253. The van der Waals surface area contributed by atoms with E-state index in [1.54, 1.807) is 37.3 Å². The highest BCUT2D eigenvalue weighted by atomic mass is 19.1. The van der Waals surface area contributed by atoms with Crippen LogP contribution < -0.4 is 10.2 Å². The van der Waals surface area contributed by atoms with E-state index in [0.29, 0.717) is 53.5 Å². The number of benzene rings is 1. The average Bonchev–Trinajstić information content (AvgIpc) is 3.71. The standard InChI is InChI=1S/C27H29FN4O4/c1-17(33)32(16-19-3-4-19)24-8-6-20(14-22(24)27(35)36-2)23-7-5-21(15-31-23)26(34)30-12-10-18-9-11-29-25(28)13-18/h5-9,11,13-15,17,19,33H,3-4,10,12,16H2,1-2H3,(H,30,34). The fourth-order valence-electron chi connectivity index (χ4n) is 3.97. The van der Waals surface area contributed by atoms with Crippen LogP contribution in [0.5, 0.6) is 0 Å². The van der Waals surface area contributed by atoms with Gasteiger partial charge in [0.05, 0.1) is 29.6 Å². The summed E-state index contributed by atoms with van der Waals surface area (Å²) in [6.45, 7) is 2.69. The summed E-state index contributed by atoms with van der Waals surface area (Å²) in [5.41, 5.74) is 3.34. The van der Waals surface area contributed by atoms with Gasteiger partial charge in [-0.15, -0.1) is 0 Å². The lowest BCUT2D eigenvalue weighted by atomic mass is 10.0. The normalized spacial score (nSPS) is 13.7. The van der Waals surface area contributed by atoms with Crippen molar-refractivity contribution in [2.45, 2.75) is 32.4 Å². The molecule has 1 amide bonds. The Balaban J connectivity index is 1.47. The van der Waals surface area contributed by atoms with Crippen LogP contribution in [0.3, 0.4) is 0 Å². The molecule has 1 atom stereocenters. The first-order valence-electron chi connectivity index (χ1n) is 11.9. The SMILES string of the molecule is COC(=O)c1cc(-c2ccc(C(=O)NCCc3ccnc(F)c3)cn2)ccc1N(CC1CC1)C(C)O. The molecule has 1 fully saturated rings. The van der Waals surface area contributed by atoms with Crippen LogP contribution in [-0.2, 0) is 11.2 Å². The van der Waals surface area contributed by atoms with Gasteiger partial charge in [0.2, 0.25) is 5.95 Å². The number of ether oxygens (including phenoxy) is 1. The van der Waals surface area contributed by atoms with E-state index in [9.17, 15) is 19.1 Å². The van der Waals surface area contributed by atoms with Gasteiger partial charge in [-0.2, -0.15) is 4.39 Å². The number of rotatable bonds is 10. The van der Waals surface area contributed by atoms with E-state index >= 15 is 0 Å². The summed E-state index contributed by atoms with van der Waals surface area (Å²) in [6, 6.07) is 11.7. The molecule has 1 aliphatic carbocycles. The molecule has 1 saturated carbocycles. The molecule has 2 heterocycles. The van der Waals surface area contributed by atoms with Crippen molar-refractivity contribution in [2.24, 2.45) is 5.92 Å². The minimum atomic E-state index is -0.756. The zero-order valence-corrected chi connectivity index (χ0v) is 20.3. The van der Waals surface area contributed by atoms with Crippen molar-refractivity contribution < 1.29 is 23.8 Å². The lowest BCUT2D eigenvalue weighted by Crippen LogP contribution is -2.35. The largest absolute Gasteiger partial charge is 0.465 e. The number of aliphatic hydroxyl groups excluding tert-OH is 1. The fourth-order valence-corrected chi connectivity index (χ4v) is 3.97. The number of nitrogens with one attached hydrogen (secondary N) is 1. The van der Waals surface area contributed by atoms with Crippen LogP contribution in [0, 0.1) is 11.9 Å². The molecule has 0 radical (unpaired) electrons. The molecule has 1 aliphatic rings. The zero-order chi connectivity index (χ0) is 25.7. The number of carbonyl (C=O) groups excluding carboxylic acids is 2. The summed E-state index contributed by atoms with van der Waals surface area (Å²) in [5, 5.41) is 13.1. The number of pyridine rings is 2. The third-order valence-electron chi connectivity index (χ3n) is 6.13. The van der Waals surface area contributed by atoms with Crippen LogP contribution in [0.25, 0.3) is 11.3 Å². The molecule has 188 valence electrons. The summed E-state index contributed by atoms with van der Waals surface area (Å²) in [4.78, 5) is 34.8. The molecular weight excluding hydrogens is 463 g/mol. The number of nitrogens with zero attached hydrogens (tertiary/aromatic N) is 3. The van der Waals surface area contributed by atoms with Crippen LogP contribution >= 0.6 is 0 Å². The van der Waals surface area contributed by atoms with Gasteiger partial charge in [-0.05, 0) is 74.1 Å². The molecular formula is C27H29FN4O4. The Hall–Kier alpha value is -3.85. The second-order valence-corrected chi connectivity index (χ2v) is 8.88. The number of halogens is 1. The van der Waals surface area contributed by atoms with Crippen LogP contribution in [0.1, 0.15) is 46.0 Å². The Morgan fingerprint density at radius 3 is 2.64 bits per heavy atom. The number of methoxy groups -OCH3 is 1. The number of aliphatic hydroxyl groups is 1. The molecule has 0 saturated heterocycles. The highest BCUT2D eigenvalue weighted by Gasteiger charge is 2.29. The van der Waals surface area contributed by atoms with E-state index in [2.05, 4.69) is 15.3 Å². The monoisotopic (exact) mass is 492 g/mol. The van der Waals surface area contributed by atoms with E-state index in [1.165, 1.54) is 25.6 Å². The molecule has 0 bridgehead atoms. The summed E-state index contributed by atoms with van der Waals surface area (Å²) in [7, 11) is 1.32. The Morgan fingerprint density at radius 2 is 2.00 bits per heavy atom. The Morgan fingerprint density at radius 1 is 1.19 bits per heavy atom. The average molecular weight is 493 g/mol. The van der Waals surface area contributed by atoms with E-state index in [-0.39, 0.29) is 5.91 Å². The second kappa shape index (κ2) is 11.3. The Bertz CT molecular complexity index is 1230. The van der Waals surface area contributed by atoms with Gasteiger partial charge in [-0.3, -0.25) is 9.78 Å². The highest BCUT2D eigenvalue weighted by Crippen LogP contribution is 2.34. The van der Waals surface area contributed by atoms with Gasteiger partial charge in [-0.1, -0.05) is 6.07 Å². The predicted molar refractivity (Wildman–Crippen MR) is 133 cm³/mol. The van der Waals surface area contributed by atoms with E-state index < -0.39 is 18.1 Å². The Labute approximate surface area is 209 Å². The van der Waals surface area contributed by atoms with Crippen LogP contribution in [0.2, 0.25) is 0 Å². The van der Waals surface area contributed by atoms with Crippen molar-refractivity contribution in [3.05, 3.63) is 77.5 Å². The third-order valence-corrected chi connectivity index (χ3v) is 6.13. The zero-order valence-electron chi connectivity index (χ0n) is 20.3. The molecule has 1 unspecified atom stereocenters. The first kappa shape index (κ1) is 25.2. The summed E-state index contributed by atoms with van der Waals surface area (Å²) in [5.74, 6) is -0.834. The first-order valence-corrected chi connectivity index (χ1v) is 11.9. The molecule has 2 aromatic heterocycles. The van der Waals surface area contributed by atoms with E-state index in [0.717, 1.165) is 18.4 Å². The third kappa shape index (κ3) is 6.23. The predicted octanol–water partition coefficient (Wildman–Crippen LogP) is 3.60. The molecule has 0 spiro atoms. The van der Waals surface area contributed by atoms with Gasteiger partial charge in [0.25, 0.3) is 5.91 Å². The van der Waals surface area contributed by atoms with Crippen LogP contribution in [0.4, 0.5) is 10.1 Å². The number of esters is 1. The van der Waals surface area contributed by atoms with Gasteiger partial charge in [-0.25, -0.2) is 9.78 Å². The maximum Gasteiger partial charge on any atom is 0.339 e. The minimum absolute atomic E-state index is 0.290. The molecule has 4 rings (SSSR count). The smallest absolute Gasteiger partial charge is 0.339 e. The van der Waals surface area contributed by atoms with E-state index in [4.69, 9.17) is 4.74 Å². The summed E-state index contributed by atoms with van der Waals surface area (Å²) < 4.78 is 18.2. The van der Waals surface area contributed by atoms with E-state index in [1.807, 2.05) is 11.0 Å². The molecule has 1 aromatic carbocycles. The maximum atomic E-state index is 13.2. The molecule has 9 heteroatoms. The molecule has 2 N–H and O–H groups in total. The van der Waals surface area contributed by atoms with Crippen LogP contribution in [-0.4, -0.2) is 53.4 Å². The number of amides is 1. The summed E-state index contributed by atoms with van der Waals surface area (Å²) in [6.07, 6.45) is 4.80. The lowest BCUT2D eigenvalue weighted by Gasteiger charge is -2.29. The van der Waals surface area contributed by atoms with Gasteiger partial charge in [0, 0.05) is 31.0 Å². The molecule has 36 heavy (non-hydrogen) atoms. The van der Waals surface area contributed by atoms with Gasteiger partial charge < -0.3 is 20.1 Å². The highest BCUT2D eigenvalue weighted by molar-refractivity contribution is 5.97. The fraction of sp³-hybridized carbons (Fsp3) is 0.333. The number of aromatic nitrogens is 2. The second-order valence-electron chi connectivity index (χ2n) is 8.88. The number of hydrogen-bond donors (Lipinski definition) is 2. The summed E-state index contributed by atoms with van der Waals surface area (Å²) >= 11 is 0. The van der Waals surface area contributed by atoms with Gasteiger partial charge >= 0.3 is 5.97 Å². The number of hydrogen-bond acceptors (Lipinski definition) is 7. The van der Waals surface area contributed by atoms with Crippen molar-refractivity contribution >= 4 is 17.6 Å². The van der Waals surface area contributed by atoms with Crippen molar-refractivity contribution in [1.82, 2.24) is 15.3 Å². The van der Waals surface area contributed by atoms with Crippen molar-refractivity contribution in [2.75, 3.05) is 25.1 Å². The molecule has 0 aliphatic heterocycles. The van der Waals surface area contributed by atoms with Crippen molar-refractivity contribution in [3.63, 3.8) is 0 Å². The molecule has 3 aromatic rings. The Kier molecular flexibility index (Phi) is 7.90. The lowest BCUT2D eigenvalue weighted by molar-refractivity contribution is 0.0600. The van der Waals surface area contributed by atoms with Gasteiger partial charge in [0.1, 0.15) is 6.23 Å². The van der Waals surface area contributed by atoms with Crippen LogP contribution in [0.15, 0.2) is 54.9 Å². The minimum Gasteiger partial charge on any atom is -0.465 e. The molecule has 8 nitrogen and oxygen atoms in total. The van der Waals surface area contributed by atoms with Gasteiger partial charge in [0.15, 0.2) is 0 Å². The maximum absolute atomic E-state index is 13.2. The van der Waals surface area contributed by atoms with Crippen molar-refractivity contribution in [1.29, 1.82) is 0 Å². The number of carbonyl (C=O) groups is 2. The first-order chi connectivity index (χ1) is 17.4. The number of anilines is 1.